The number of ketones is 1. The highest BCUT2D eigenvalue weighted by Gasteiger charge is 2.46. The maximum absolute atomic E-state index is 15.2. The molecule has 0 radical (unpaired) electrons. The van der Waals surface area contributed by atoms with Gasteiger partial charge in [0.2, 0.25) is 41.4 Å². The summed E-state index contributed by atoms with van der Waals surface area (Å²) in [5.74, 6) is -5.46. The molecule has 9 rings (SSSR count). The van der Waals surface area contributed by atoms with E-state index in [9.17, 15) is 57.5 Å². The molecular weight excluding hydrogens is 1050 g/mol. The van der Waals surface area contributed by atoms with Crippen molar-refractivity contribution in [2.45, 2.75) is 107 Å². The molecule has 3 aliphatic rings. The lowest BCUT2D eigenvalue weighted by Crippen LogP contribution is -2.57. The van der Waals surface area contributed by atoms with Crippen molar-refractivity contribution in [1.29, 1.82) is 0 Å². The maximum atomic E-state index is 15.2. The van der Waals surface area contributed by atoms with Crippen LogP contribution in [-0.2, 0) is 51.6 Å². The van der Waals surface area contributed by atoms with E-state index in [1.165, 1.54) is 38.3 Å². The van der Waals surface area contributed by atoms with Crippen LogP contribution in [0.25, 0.3) is 21.9 Å². The molecule has 3 fully saturated rings. The topological polar surface area (TPSA) is 322 Å². The number of nitrogens with zero attached hydrogens (tertiary/aromatic N) is 4. The first-order chi connectivity index (χ1) is 38.3. The Balaban J connectivity index is 0.936. The summed E-state index contributed by atoms with van der Waals surface area (Å²) in [6, 6.07) is 24.7. The summed E-state index contributed by atoms with van der Waals surface area (Å²) in [6.07, 6.45) is 1.76. The molecule has 418 valence electrons. The van der Waals surface area contributed by atoms with Crippen molar-refractivity contribution in [3.8, 4) is 0 Å². The van der Waals surface area contributed by atoms with Gasteiger partial charge in [-0.25, -0.2) is 4.79 Å². The Morgan fingerprint density at radius 1 is 0.812 bits per heavy atom. The third kappa shape index (κ3) is 12.3. The molecule has 5 atom stereocenters. The van der Waals surface area contributed by atoms with Crippen LogP contribution in [0.1, 0.15) is 120 Å². The fourth-order valence-electron chi connectivity index (χ4n) is 11.4. The van der Waals surface area contributed by atoms with Crippen LogP contribution < -0.4 is 27.4 Å². The summed E-state index contributed by atoms with van der Waals surface area (Å²) in [4.78, 5) is 160. The zero-order valence-corrected chi connectivity index (χ0v) is 44.8. The first-order valence-corrected chi connectivity index (χ1v) is 28.3. The van der Waals surface area contributed by atoms with Gasteiger partial charge in [0.1, 0.15) is 18.1 Å². The number of rotatable bonds is 20. The molecule has 8 N–H and O–H groups in total. The van der Waals surface area contributed by atoms with Crippen molar-refractivity contribution < 1.29 is 57.5 Å². The van der Waals surface area contributed by atoms with Crippen molar-refractivity contribution in [1.82, 2.24) is 39.9 Å². The average molecular weight is 1110 g/mol. The largest absolute Gasteiger partial charge is 0.396 e. The predicted octanol–water partition coefficient (Wildman–Crippen LogP) is 3.97. The molecule has 3 aliphatic heterocycles. The Kier molecular flexibility index (Phi) is 16.9. The number of primary amides is 1. The molecule has 80 heavy (non-hydrogen) atoms. The normalized spacial score (nSPS) is 19.1. The number of amides is 7. The molecule has 23 heteroatoms. The van der Waals surface area contributed by atoms with Gasteiger partial charge in [-0.1, -0.05) is 72.8 Å². The summed E-state index contributed by atoms with van der Waals surface area (Å²) in [7, 11) is -3.51. The lowest BCUT2D eigenvalue weighted by atomic mass is 9.95. The van der Waals surface area contributed by atoms with E-state index in [2.05, 4.69) is 20.9 Å². The summed E-state index contributed by atoms with van der Waals surface area (Å²) < 4.78 is 14.7. The number of para-hydroxylation sites is 1. The van der Waals surface area contributed by atoms with Gasteiger partial charge in [-0.3, -0.25) is 62.2 Å². The summed E-state index contributed by atoms with van der Waals surface area (Å²) >= 11 is 0. The number of imide groups is 1. The molecule has 2 aromatic heterocycles. The third-order valence-electron chi connectivity index (χ3n) is 15.5. The van der Waals surface area contributed by atoms with E-state index in [0.717, 1.165) is 16.7 Å². The van der Waals surface area contributed by atoms with Crippen LogP contribution >= 0.6 is 7.60 Å². The summed E-state index contributed by atoms with van der Waals surface area (Å²) in [5, 5.41) is 8.48. The highest BCUT2D eigenvalue weighted by atomic mass is 31.2. The van der Waals surface area contributed by atoms with Crippen molar-refractivity contribution >= 4 is 82.2 Å². The van der Waals surface area contributed by atoms with Gasteiger partial charge < -0.3 is 40.9 Å². The van der Waals surface area contributed by atoms with Crippen LogP contribution in [-0.4, -0.2) is 118 Å². The number of piperidine rings is 1. The Morgan fingerprint density at radius 3 is 2.20 bits per heavy atom. The molecule has 0 bridgehead atoms. The van der Waals surface area contributed by atoms with E-state index >= 15 is 4.79 Å². The SMILES string of the molecule is Cn1c(=O)n(C2CCC(=O)NC2=O)c2cccc(CCCCC(=O)N3CC[C@H]4CCC(C(=O)N[C@@H](CCC(N)=O)C(=O)NC(c5ccccc5)c5ccccc5)N4C(=O)[C@@H](CC(=O)c4cc5cc(C(=O)P(=O)(O)O)ccc5[nH]4)C3)c21. The Hall–Kier alpha value is -8.33. The number of nitrogens with two attached hydrogens (primary N) is 1. The van der Waals surface area contributed by atoms with Gasteiger partial charge in [0.05, 0.1) is 28.7 Å². The third-order valence-corrected chi connectivity index (χ3v) is 16.2. The number of Topliss-reactive ketones (excluding diaryl/α,β-unsaturated/α-hetero) is 1. The minimum absolute atomic E-state index is 0.0216. The Morgan fingerprint density at radius 2 is 1.52 bits per heavy atom. The second kappa shape index (κ2) is 24.0. The first kappa shape index (κ1) is 56.4. The van der Waals surface area contributed by atoms with E-state index < -0.39 is 103 Å². The maximum Gasteiger partial charge on any atom is 0.396 e. The van der Waals surface area contributed by atoms with E-state index in [4.69, 9.17) is 5.73 Å². The van der Waals surface area contributed by atoms with E-state index in [1.807, 2.05) is 66.7 Å². The smallest absolute Gasteiger partial charge is 0.370 e. The molecule has 22 nitrogen and oxygen atoms in total. The zero-order valence-electron chi connectivity index (χ0n) is 43.9. The van der Waals surface area contributed by atoms with Crippen molar-refractivity contribution in [2.24, 2.45) is 18.7 Å². The second-order valence-corrected chi connectivity index (χ2v) is 22.3. The molecule has 0 saturated carbocycles. The number of hydrogen-bond acceptors (Lipinski definition) is 11. The molecule has 6 aromatic rings. The van der Waals surface area contributed by atoms with Crippen LogP contribution in [0.3, 0.4) is 0 Å². The monoisotopic (exact) mass is 1110 g/mol. The van der Waals surface area contributed by atoms with Gasteiger partial charge in [0.15, 0.2) is 5.78 Å². The number of H-pyrrole nitrogens is 1. The second-order valence-electron chi connectivity index (χ2n) is 20.8. The van der Waals surface area contributed by atoms with E-state index in [1.54, 1.807) is 24.1 Å². The molecule has 3 saturated heterocycles. The number of nitrogens with one attached hydrogen (secondary N) is 4. The predicted molar refractivity (Wildman–Crippen MR) is 291 cm³/mol. The highest BCUT2D eigenvalue weighted by Crippen LogP contribution is 2.40. The molecule has 4 aromatic carbocycles. The van der Waals surface area contributed by atoms with Gasteiger partial charge in [-0.05, 0) is 98.4 Å². The summed E-state index contributed by atoms with van der Waals surface area (Å²) in [6.45, 7) is -0.0181. The van der Waals surface area contributed by atoms with E-state index in [0.29, 0.717) is 54.0 Å². The molecule has 7 amide bonds. The van der Waals surface area contributed by atoms with Gasteiger partial charge in [-0.15, -0.1) is 0 Å². The van der Waals surface area contributed by atoms with Gasteiger partial charge in [0.25, 0.3) is 5.52 Å². The minimum atomic E-state index is -5.13. The molecular formula is C57H62N9O13P. The van der Waals surface area contributed by atoms with Crippen molar-refractivity contribution in [3.63, 3.8) is 0 Å². The van der Waals surface area contributed by atoms with Gasteiger partial charge in [0, 0.05) is 68.3 Å². The standard InChI is InChI=1S/C57H62N9O13P/c1-63-51-35(16-10-17-43(51)66(57(63)76)45-24-26-48(69)61-54(45)73)15-8-9-18-49(70)64-28-27-39-20-23-44(53(72)60-41(22-25-47(58)68)52(71)62-50(33-11-4-2-5-12-33)34-13-6-3-7-14-34)65(39)55(74)38(32-64)31-46(67)42-30-37-29-36(19-21-40(37)59-42)56(75)80(77,78)79/h2-7,10-14,16-17,19,21,29-30,38-39,41,44-45,50,59H,8-9,15,18,20,22-28,31-32H2,1H3,(H2,58,68)(H,60,72)(H,62,71)(H,61,69,73)(H2,77,78,79)/t38-,39+,41-,44?,45?/m0/s1. The number of imidazole rings is 1. The molecule has 0 spiro atoms. The van der Waals surface area contributed by atoms with Crippen LogP contribution in [0.2, 0.25) is 0 Å². The molecule has 5 heterocycles. The van der Waals surface area contributed by atoms with Crippen LogP contribution in [0, 0.1) is 5.92 Å². The number of aryl methyl sites for hydroxylation is 2. The first-order valence-electron chi connectivity index (χ1n) is 26.6. The highest BCUT2D eigenvalue weighted by molar-refractivity contribution is 7.70. The van der Waals surface area contributed by atoms with Crippen LogP contribution in [0.5, 0.6) is 0 Å². The average Bonchev–Trinajstić information content (AvgIpc) is 4.19. The lowest BCUT2D eigenvalue weighted by molar-refractivity contribution is -0.148. The number of aromatic amines is 1. The number of fused-ring (bicyclic) bond motifs is 3. The number of hydrogen-bond donors (Lipinski definition) is 7. The van der Waals surface area contributed by atoms with Crippen molar-refractivity contribution in [3.05, 3.63) is 142 Å². The Labute approximate surface area is 458 Å². The number of aromatic nitrogens is 3. The number of carbonyl (C=O) groups excluding carboxylic acids is 9. The number of carbonyl (C=O) groups is 9. The fraction of sp³-hybridized carbons (Fsp3) is 0.368. The summed E-state index contributed by atoms with van der Waals surface area (Å²) in [5.41, 5.74) is 7.39. The van der Waals surface area contributed by atoms with Crippen LogP contribution in [0.15, 0.2) is 108 Å². The fourth-order valence-corrected chi connectivity index (χ4v) is 11.9. The molecule has 2 unspecified atom stereocenters. The van der Waals surface area contributed by atoms with Gasteiger partial charge in [-0.2, -0.15) is 0 Å². The lowest BCUT2D eigenvalue weighted by Gasteiger charge is -2.38. The van der Waals surface area contributed by atoms with Crippen LogP contribution in [0.4, 0.5) is 0 Å². The Bertz CT molecular complexity index is 3490. The number of unbranched alkanes of at least 4 members (excludes halogenated alkanes) is 1. The molecule has 0 aliphatic carbocycles. The quantitative estimate of drug-likeness (QED) is 0.0247. The zero-order chi connectivity index (χ0) is 57.0. The van der Waals surface area contributed by atoms with Gasteiger partial charge >= 0.3 is 13.3 Å². The number of benzene rings is 4. The minimum Gasteiger partial charge on any atom is -0.370 e. The van der Waals surface area contributed by atoms with Crippen molar-refractivity contribution in [2.75, 3.05) is 13.1 Å². The van der Waals surface area contributed by atoms with E-state index in [-0.39, 0.29) is 68.8 Å².